The lowest BCUT2D eigenvalue weighted by Crippen LogP contribution is -2.54. The zero-order valence-corrected chi connectivity index (χ0v) is 20.1. The maximum atomic E-state index is 13.3. The number of carbonyl (C=O) groups is 2. The summed E-state index contributed by atoms with van der Waals surface area (Å²) in [6.45, 7) is 2.57. The Kier molecular flexibility index (Phi) is 7.42. The van der Waals surface area contributed by atoms with Crippen LogP contribution in [0, 0.1) is 0 Å². The highest BCUT2D eigenvalue weighted by Gasteiger charge is 2.34. The molecule has 0 radical (unpaired) electrons. The maximum absolute atomic E-state index is 13.3. The van der Waals surface area contributed by atoms with Crippen molar-refractivity contribution in [3.8, 4) is 23.0 Å². The number of thiocarbonyl (C=S) groups is 1. The number of rotatable bonds is 8. The van der Waals surface area contributed by atoms with Crippen molar-refractivity contribution in [1.29, 1.82) is 0 Å². The Hall–Kier alpha value is -4.17. The Morgan fingerprint density at radius 3 is 2.34 bits per heavy atom. The summed E-state index contributed by atoms with van der Waals surface area (Å²) in [7, 11) is 1.54. The summed E-state index contributed by atoms with van der Waals surface area (Å²) in [6, 6.07) is 21.5. The van der Waals surface area contributed by atoms with E-state index in [2.05, 4.69) is 5.32 Å². The van der Waals surface area contributed by atoms with Crippen LogP contribution in [0.2, 0.25) is 0 Å². The van der Waals surface area contributed by atoms with Crippen molar-refractivity contribution >= 4 is 40.9 Å². The van der Waals surface area contributed by atoms with Gasteiger partial charge in [0, 0.05) is 0 Å². The van der Waals surface area contributed by atoms with Crippen molar-refractivity contribution < 1.29 is 23.8 Å². The average molecular weight is 489 g/mol. The van der Waals surface area contributed by atoms with E-state index in [0.717, 1.165) is 6.42 Å². The Morgan fingerprint density at radius 2 is 1.66 bits per heavy atom. The Labute approximate surface area is 208 Å². The average Bonchev–Trinajstić information content (AvgIpc) is 2.87. The SMILES string of the molecule is CCCOc1ccc(/C=C2\C(=O)NC(=S)N(c3ccc(Oc4ccccc4)cc3)C2=O)cc1OC. The minimum atomic E-state index is -0.564. The third-order valence-corrected chi connectivity index (χ3v) is 5.42. The summed E-state index contributed by atoms with van der Waals surface area (Å²) in [5.74, 6) is 1.32. The van der Waals surface area contributed by atoms with Gasteiger partial charge in [-0.3, -0.25) is 19.8 Å². The van der Waals surface area contributed by atoms with Crippen molar-refractivity contribution in [3.63, 3.8) is 0 Å². The number of para-hydroxylation sites is 1. The Balaban J connectivity index is 1.58. The number of amides is 2. The number of benzene rings is 3. The second-order valence-electron chi connectivity index (χ2n) is 7.63. The largest absolute Gasteiger partial charge is 0.493 e. The summed E-state index contributed by atoms with van der Waals surface area (Å²) in [4.78, 5) is 27.2. The summed E-state index contributed by atoms with van der Waals surface area (Å²) in [6.07, 6.45) is 2.37. The number of nitrogens with zero attached hydrogens (tertiary/aromatic N) is 1. The van der Waals surface area contributed by atoms with E-state index >= 15 is 0 Å². The maximum Gasteiger partial charge on any atom is 0.270 e. The van der Waals surface area contributed by atoms with E-state index < -0.39 is 11.8 Å². The lowest BCUT2D eigenvalue weighted by Gasteiger charge is -2.29. The minimum Gasteiger partial charge on any atom is -0.493 e. The number of anilines is 1. The molecule has 0 bridgehead atoms. The highest BCUT2D eigenvalue weighted by Crippen LogP contribution is 2.30. The van der Waals surface area contributed by atoms with Gasteiger partial charge in [-0.1, -0.05) is 31.2 Å². The molecule has 1 aliphatic rings. The highest BCUT2D eigenvalue weighted by molar-refractivity contribution is 7.80. The first-order valence-electron chi connectivity index (χ1n) is 11.1. The predicted molar refractivity (Wildman–Crippen MR) is 138 cm³/mol. The number of carbonyl (C=O) groups excluding carboxylic acids is 2. The van der Waals surface area contributed by atoms with Gasteiger partial charge in [0.2, 0.25) is 0 Å². The molecule has 1 N–H and O–H groups in total. The molecule has 1 heterocycles. The smallest absolute Gasteiger partial charge is 0.270 e. The van der Waals surface area contributed by atoms with Gasteiger partial charge in [0.15, 0.2) is 16.6 Å². The fourth-order valence-electron chi connectivity index (χ4n) is 3.45. The molecule has 0 aromatic heterocycles. The molecule has 3 aromatic rings. The van der Waals surface area contributed by atoms with Crippen LogP contribution < -0.4 is 24.4 Å². The van der Waals surface area contributed by atoms with Gasteiger partial charge in [0.25, 0.3) is 11.8 Å². The molecule has 35 heavy (non-hydrogen) atoms. The molecule has 4 rings (SSSR count). The van der Waals surface area contributed by atoms with Gasteiger partial charge < -0.3 is 14.2 Å². The van der Waals surface area contributed by atoms with Crippen LogP contribution in [-0.2, 0) is 9.59 Å². The Bertz CT molecular complexity index is 1270. The van der Waals surface area contributed by atoms with E-state index in [1.54, 1.807) is 42.5 Å². The summed E-state index contributed by atoms with van der Waals surface area (Å²) in [5, 5.41) is 2.60. The molecule has 0 saturated carbocycles. The van der Waals surface area contributed by atoms with Crippen molar-refractivity contribution in [2.75, 3.05) is 18.6 Å². The molecule has 1 saturated heterocycles. The van der Waals surface area contributed by atoms with Crippen LogP contribution in [-0.4, -0.2) is 30.6 Å². The second-order valence-corrected chi connectivity index (χ2v) is 8.01. The van der Waals surface area contributed by atoms with Crippen LogP contribution in [0.3, 0.4) is 0 Å². The monoisotopic (exact) mass is 488 g/mol. The summed E-state index contributed by atoms with van der Waals surface area (Å²) in [5.41, 5.74) is 1.07. The third kappa shape index (κ3) is 5.50. The lowest BCUT2D eigenvalue weighted by molar-refractivity contribution is -0.122. The van der Waals surface area contributed by atoms with E-state index in [-0.39, 0.29) is 10.7 Å². The number of hydrogen-bond acceptors (Lipinski definition) is 6. The molecule has 7 nitrogen and oxygen atoms in total. The molecule has 1 fully saturated rings. The van der Waals surface area contributed by atoms with Crippen LogP contribution in [0.4, 0.5) is 5.69 Å². The summed E-state index contributed by atoms with van der Waals surface area (Å²) >= 11 is 5.29. The first-order valence-corrected chi connectivity index (χ1v) is 11.5. The summed E-state index contributed by atoms with van der Waals surface area (Å²) < 4.78 is 16.9. The molecule has 0 atom stereocenters. The van der Waals surface area contributed by atoms with Gasteiger partial charge in [-0.25, -0.2) is 0 Å². The van der Waals surface area contributed by atoms with Crippen molar-refractivity contribution in [2.45, 2.75) is 13.3 Å². The Morgan fingerprint density at radius 1 is 0.943 bits per heavy atom. The van der Waals surface area contributed by atoms with Gasteiger partial charge in [0.1, 0.15) is 17.1 Å². The van der Waals surface area contributed by atoms with Crippen molar-refractivity contribution in [1.82, 2.24) is 5.32 Å². The van der Waals surface area contributed by atoms with Gasteiger partial charge in [-0.15, -0.1) is 0 Å². The fraction of sp³-hybridized carbons (Fsp3) is 0.148. The van der Waals surface area contributed by atoms with Gasteiger partial charge in [-0.05, 0) is 78.8 Å². The first-order chi connectivity index (χ1) is 17.0. The highest BCUT2D eigenvalue weighted by atomic mass is 32.1. The standard InChI is InChI=1S/C27H24N2O5S/c1-3-15-33-23-14-9-18(17-24(23)32-2)16-22-25(30)28-27(35)29(26(22)31)19-10-12-21(13-11-19)34-20-7-5-4-6-8-20/h4-14,16-17H,3,15H2,1-2H3,(H,28,30,35)/b22-16+. The number of hydrogen-bond donors (Lipinski definition) is 1. The topological polar surface area (TPSA) is 77.1 Å². The number of methoxy groups -OCH3 is 1. The van der Waals surface area contributed by atoms with E-state index in [9.17, 15) is 9.59 Å². The molecule has 178 valence electrons. The van der Waals surface area contributed by atoms with Gasteiger partial charge in [0.05, 0.1) is 19.4 Å². The van der Waals surface area contributed by atoms with Gasteiger partial charge >= 0.3 is 0 Å². The van der Waals surface area contributed by atoms with Crippen LogP contribution in [0.5, 0.6) is 23.0 Å². The molecule has 0 aliphatic carbocycles. The fourth-order valence-corrected chi connectivity index (χ4v) is 3.73. The number of nitrogens with one attached hydrogen (secondary N) is 1. The quantitative estimate of drug-likeness (QED) is 0.270. The molecule has 0 spiro atoms. The number of ether oxygens (including phenoxy) is 3. The van der Waals surface area contributed by atoms with E-state index in [1.807, 2.05) is 37.3 Å². The minimum absolute atomic E-state index is 0.00905. The van der Waals surface area contributed by atoms with Crippen LogP contribution >= 0.6 is 12.2 Å². The zero-order valence-electron chi connectivity index (χ0n) is 19.3. The zero-order chi connectivity index (χ0) is 24.8. The molecular formula is C27H24N2O5S. The molecular weight excluding hydrogens is 464 g/mol. The first kappa shape index (κ1) is 24.0. The molecule has 0 unspecified atom stereocenters. The van der Waals surface area contributed by atoms with Crippen molar-refractivity contribution in [2.24, 2.45) is 0 Å². The van der Waals surface area contributed by atoms with E-state index in [4.69, 9.17) is 26.4 Å². The molecule has 1 aliphatic heterocycles. The van der Waals surface area contributed by atoms with Gasteiger partial charge in [-0.2, -0.15) is 0 Å². The van der Waals surface area contributed by atoms with Crippen molar-refractivity contribution in [3.05, 3.63) is 83.9 Å². The predicted octanol–water partition coefficient (Wildman–Crippen LogP) is 5.11. The lowest BCUT2D eigenvalue weighted by atomic mass is 10.1. The molecule has 3 aromatic carbocycles. The van der Waals surface area contributed by atoms with Crippen LogP contribution in [0.1, 0.15) is 18.9 Å². The van der Waals surface area contributed by atoms with Crippen LogP contribution in [0.15, 0.2) is 78.4 Å². The van der Waals surface area contributed by atoms with Crippen LogP contribution in [0.25, 0.3) is 6.08 Å². The second kappa shape index (κ2) is 10.8. The molecule has 2 amide bonds. The normalized spacial score (nSPS) is 14.6. The van der Waals surface area contributed by atoms with E-state index in [0.29, 0.717) is 40.9 Å². The van der Waals surface area contributed by atoms with E-state index in [1.165, 1.54) is 18.1 Å². The third-order valence-electron chi connectivity index (χ3n) is 5.14. The molecule has 8 heteroatoms.